The van der Waals surface area contributed by atoms with Crippen molar-refractivity contribution in [2.24, 2.45) is 0 Å². The summed E-state index contributed by atoms with van der Waals surface area (Å²) < 4.78 is 38.6. The highest BCUT2D eigenvalue weighted by Gasteiger charge is 2.38. The van der Waals surface area contributed by atoms with E-state index in [1.165, 1.54) is 10.1 Å². The largest absolute Gasteiger partial charge is 0.490 e. The number of carboxylic acid groups (broad SMARTS) is 1. The number of aliphatic carboxylic acids is 1. The second kappa shape index (κ2) is 9.73. The summed E-state index contributed by atoms with van der Waals surface area (Å²) >= 11 is 0. The molecule has 178 valence electrons. The number of hydrogen-bond donors (Lipinski definition) is 1. The number of rotatable bonds is 4. The summed E-state index contributed by atoms with van der Waals surface area (Å²) in [6, 6.07) is 15.1. The van der Waals surface area contributed by atoms with E-state index < -0.39 is 12.1 Å². The van der Waals surface area contributed by atoms with Crippen LogP contribution in [0.1, 0.15) is 34.9 Å². The first-order chi connectivity index (χ1) is 16.0. The van der Waals surface area contributed by atoms with Crippen molar-refractivity contribution in [3.8, 4) is 11.3 Å². The molecule has 0 aliphatic carbocycles. The van der Waals surface area contributed by atoms with Crippen LogP contribution < -0.4 is 0 Å². The third-order valence-electron chi connectivity index (χ3n) is 4.90. The summed E-state index contributed by atoms with van der Waals surface area (Å²) in [6.07, 6.45) is -3.49. The molecule has 1 N–H and O–H groups in total. The van der Waals surface area contributed by atoms with Gasteiger partial charge in [-0.25, -0.2) is 4.79 Å². The molecule has 34 heavy (non-hydrogen) atoms. The van der Waals surface area contributed by atoms with Gasteiger partial charge in [-0.05, 0) is 38.1 Å². The molecular weight excluding hydrogens is 455 g/mol. The van der Waals surface area contributed by atoms with Crippen LogP contribution in [0.15, 0.2) is 59.2 Å². The Morgan fingerprint density at radius 1 is 1.09 bits per heavy atom. The second-order valence-corrected chi connectivity index (χ2v) is 7.29. The SMILES string of the molecule is Cc1ccc(-c2ccc3nnc(C(=O)N(C)C(C)c4ccco4)n3n2)cc1.O=C(O)C(F)(F)F. The molecule has 1 atom stereocenters. The molecule has 0 bridgehead atoms. The molecule has 0 aliphatic rings. The molecule has 1 unspecified atom stereocenters. The predicted octanol–water partition coefficient (Wildman–Crippen LogP) is 4.16. The van der Waals surface area contributed by atoms with Gasteiger partial charge in [0.15, 0.2) is 5.65 Å². The van der Waals surface area contributed by atoms with Crippen LogP contribution >= 0.6 is 0 Å². The molecule has 0 fully saturated rings. The van der Waals surface area contributed by atoms with Crippen molar-refractivity contribution in [2.75, 3.05) is 7.05 Å². The maximum atomic E-state index is 13.0. The minimum atomic E-state index is -5.08. The zero-order chi connectivity index (χ0) is 25.0. The third-order valence-corrected chi connectivity index (χ3v) is 4.90. The standard InChI is InChI=1S/C20H19N5O2.C2HF3O2/c1-13-6-8-15(9-7-13)16-10-11-18-21-22-19(25(18)23-16)20(26)24(3)14(2)17-5-4-12-27-17;3-2(4,5)1(6)7/h4-12,14H,1-3H3;(H,6,7). The van der Waals surface area contributed by atoms with Gasteiger partial charge >= 0.3 is 12.1 Å². The molecule has 12 heteroatoms. The van der Waals surface area contributed by atoms with Crippen LogP contribution in [-0.2, 0) is 4.79 Å². The topological polar surface area (TPSA) is 114 Å². The summed E-state index contributed by atoms with van der Waals surface area (Å²) in [4.78, 5) is 23.4. The number of alkyl halides is 3. The fraction of sp³-hybridized carbons (Fsp3) is 0.227. The molecule has 0 aliphatic heterocycles. The molecule has 0 spiro atoms. The van der Waals surface area contributed by atoms with E-state index in [1.54, 1.807) is 24.3 Å². The third kappa shape index (κ3) is 5.39. The van der Waals surface area contributed by atoms with Crippen molar-refractivity contribution in [3.63, 3.8) is 0 Å². The monoisotopic (exact) mass is 475 g/mol. The molecule has 1 amide bonds. The van der Waals surface area contributed by atoms with Crippen LogP contribution in [0.3, 0.4) is 0 Å². The van der Waals surface area contributed by atoms with Crippen LogP contribution in [0.2, 0.25) is 0 Å². The van der Waals surface area contributed by atoms with Gasteiger partial charge in [0, 0.05) is 12.6 Å². The van der Waals surface area contributed by atoms with Crippen molar-refractivity contribution in [2.45, 2.75) is 26.1 Å². The summed E-state index contributed by atoms with van der Waals surface area (Å²) in [7, 11) is 1.71. The maximum Gasteiger partial charge on any atom is 0.490 e. The second-order valence-electron chi connectivity index (χ2n) is 7.29. The summed E-state index contributed by atoms with van der Waals surface area (Å²) in [5, 5.41) is 19.8. The van der Waals surface area contributed by atoms with Gasteiger partial charge < -0.3 is 14.4 Å². The Bertz CT molecular complexity index is 1280. The van der Waals surface area contributed by atoms with Crippen LogP contribution in [0, 0.1) is 6.92 Å². The lowest BCUT2D eigenvalue weighted by Gasteiger charge is -2.22. The molecule has 4 aromatic rings. The Morgan fingerprint density at radius 2 is 1.74 bits per heavy atom. The molecule has 0 saturated heterocycles. The van der Waals surface area contributed by atoms with Gasteiger partial charge in [0.25, 0.3) is 5.91 Å². The van der Waals surface area contributed by atoms with Crippen LogP contribution in [0.4, 0.5) is 13.2 Å². The van der Waals surface area contributed by atoms with E-state index >= 15 is 0 Å². The van der Waals surface area contributed by atoms with Gasteiger partial charge in [-0.15, -0.1) is 10.2 Å². The first-order valence-electron chi connectivity index (χ1n) is 9.89. The lowest BCUT2D eigenvalue weighted by atomic mass is 10.1. The van der Waals surface area contributed by atoms with Crippen molar-refractivity contribution < 1.29 is 32.3 Å². The fourth-order valence-electron chi connectivity index (χ4n) is 2.85. The molecule has 3 heterocycles. The molecule has 1 aromatic carbocycles. The van der Waals surface area contributed by atoms with Gasteiger partial charge in [-0.2, -0.15) is 22.8 Å². The first-order valence-corrected chi connectivity index (χ1v) is 9.89. The minimum Gasteiger partial charge on any atom is -0.475 e. The van der Waals surface area contributed by atoms with Crippen LogP contribution in [0.5, 0.6) is 0 Å². The average Bonchev–Trinajstić information content (AvgIpc) is 3.48. The number of carbonyl (C=O) groups is 2. The Morgan fingerprint density at radius 3 is 2.29 bits per heavy atom. The van der Waals surface area contributed by atoms with Crippen molar-refractivity contribution in [3.05, 3.63) is 71.9 Å². The van der Waals surface area contributed by atoms with Gasteiger partial charge in [0.2, 0.25) is 5.82 Å². The summed E-state index contributed by atoms with van der Waals surface area (Å²) in [5.41, 5.74) is 3.41. The number of amides is 1. The summed E-state index contributed by atoms with van der Waals surface area (Å²) in [6.45, 7) is 3.93. The first kappa shape index (κ1) is 24.4. The van der Waals surface area contributed by atoms with Gasteiger partial charge in [-0.1, -0.05) is 29.8 Å². The van der Waals surface area contributed by atoms with E-state index in [-0.39, 0.29) is 17.8 Å². The van der Waals surface area contributed by atoms with E-state index in [1.807, 2.05) is 56.3 Å². The minimum absolute atomic E-state index is 0.167. The molecule has 3 aromatic heterocycles. The average molecular weight is 475 g/mol. The van der Waals surface area contributed by atoms with Gasteiger partial charge in [0.05, 0.1) is 18.0 Å². The highest BCUT2D eigenvalue weighted by Crippen LogP contribution is 2.22. The molecule has 4 rings (SSSR count). The van der Waals surface area contributed by atoms with E-state index in [0.29, 0.717) is 11.4 Å². The normalized spacial score (nSPS) is 12.1. The van der Waals surface area contributed by atoms with Crippen LogP contribution in [-0.4, -0.2) is 54.9 Å². The Kier molecular flexibility index (Phi) is 6.99. The zero-order valence-electron chi connectivity index (χ0n) is 18.3. The van der Waals surface area contributed by atoms with Crippen molar-refractivity contribution in [1.29, 1.82) is 0 Å². The molecular formula is C22H20F3N5O4. The highest BCUT2D eigenvalue weighted by atomic mass is 19.4. The molecule has 0 saturated carbocycles. The number of carbonyl (C=O) groups excluding carboxylic acids is 1. The number of nitrogens with zero attached hydrogens (tertiary/aromatic N) is 5. The maximum absolute atomic E-state index is 13.0. The number of halogens is 3. The van der Waals surface area contributed by atoms with Crippen LogP contribution in [0.25, 0.3) is 16.9 Å². The Balaban J connectivity index is 0.000000406. The van der Waals surface area contributed by atoms with E-state index in [4.69, 9.17) is 14.3 Å². The summed E-state index contributed by atoms with van der Waals surface area (Å²) in [5.74, 6) is -2.17. The Labute approximate surface area is 191 Å². The predicted molar refractivity (Wildman–Crippen MR) is 114 cm³/mol. The van der Waals surface area contributed by atoms with E-state index in [2.05, 4.69) is 15.3 Å². The van der Waals surface area contributed by atoms with E-state index in [9.17, 15) is 18.0 Å². The van der Waals surface area contributed by atoms with Crippen molar-refractivity contribution in [1.82, 2.24) is 24.7 Å². The quantitative estimate of drug-likeness (QED) is 0.471. The smallest absolute Gasteiger partial charge is 0.475 e. The van der Waals surface area contributed by atoms with Gasteiger partial charge in [-0.3, -0.25) is 4.79 Å². The zero-order valence-corrected chi connectivity index (χ0v) is 18.3. The number of aromatic nitrogens is 4. The number of hydrogen-bond acceptors (Lipinski definition) is 6. The number of furan rings is 1. The fourth-order valence-corrected chi connectivity index (χ4v) is 2.85. The number of benzene rings is 1. The number of carboxylic acids is 1. The number of aryl methyl sites for hydroxylation is 1. The Hall–Kier alpha value is -4.22. The highest BCUT2D eigenvalue weighted by molar-refractivity contribution is 5.91. The lowest BCUT2D eigenvalue weighted by Crippen LogP contribution is -2.31. The van der Waals surface area contributed by atoms with E-state index in [0.717, 1.165) is 11.3 Å². The molecule has 0 radical (unpaired) electrons. The van der Waals surface area contributed by atoms with Gasteiger partial charge in [0.1, 0.15) is 5.76 Å². The number of fused-ring (bicyclic) bond motifs is 1. The van der Waals surface area contributed by atoms with Crippen molar-refractivity contribution >= 4 is 17.5 Å². The molecule has 9 nitrogen and oxygen atoms in total. The lowest BCUT2D eigenvalue weighted by molar-refractivity contribution is -0.192.